The summed E-state index contributed by atoms with van der Waals surface area (Å²) in [7, 11) is -3.46. The second kappa shape index (κ2) is 8.11. The Labute approximate surface area is 147 Å². The number of para-hydroxylation sites is 1. The van der Waals surface area contributed by atoms with Crippen molar-refractivity contribution < 1.29 is 17.6 Å². The molecule has 0 aromatic heterocycles. The molecule has 134 valence electrons. The minimum Gasteiger partial charge on any atom is -0.324 e. The van der Waals surface area contributed by atoms with Crippen LogP contribution in [0.25, 0.3) is 0 Å². The molecule has 0 aliphatic heterocycles. The molecule has 0 fully saturated rings. The van der Waals surface area contributed by atoms with Crippen molar-refractivity contribution in [1.29, 1.82) is 0 Å². The summed E-state index contributed by atoms with van der Waals surface area (Å²) < 4.78 is 38.8. The van der Waals surface area contributed by atoms with Gasteiger partial charge in [-0.05, 0) is 43.2 Å². The van der Waals surface area contributed by atoms with Gasteiger partial charge in [-0.15, -0.1) is 0 Å². The van der Waals surface area contributed by atoms with E-state index in [1.807, 2.05) is 13.0 Å². The summed E-state index contributed by atoms with van der Waals surface area (Å²) in [6.45, 7) is 2.05. The van der Waals surface area contributed by atoms with E-state index < -0.39 is 15.8 Å². The van der Waals surface area contributed by atoms with Crippen molar-refractivity contribution in [3.8, 4) is 0 Å². The van der Waals surface area contributed by atoms with Gasteiger partial charge in [0.15, 0.2) is 0 Å². The van der Waals surface area contributed by atoms with Crippen molar-refractivity contribution in [2.75, 3.05) is 22.4 Å². The maximum absolute atomic E-state index is 13.5. The van der Waals surface area contributed by atoms with E-state index >= 15 is 0 Å². The van der Waals surface area contributed by atoms with Crippen molar-refractivity contribution in [3.63, 3.8) is 0 Å². The summed E-state index contributed by atoms with van der Waals surface area (Å²) in [5.41, 5.74) is 1.63. The normalized spacial score (nSPS) is 11.2. The van der Waals surface area contributed by atoms with Gasteiger partial charge in [0.2, 0.25) is 15.9 Å². The summed E-state index contributed by atoms with van der Waals surface area (Å²) in [4.78, 5) is 11.9. The fourth-order valence-electron chi connectivity index (χ4n) is 2.43. The second-order valence-electron chi connectivity index (χ2n) is 5.81. The van der Waals surface area contributed by atoms with Crippen LogP contribution in [0.1, 0.15) is 18.4 Å². The molecule has 0 heterocycles. The van der Waals surface area contributed by atoms with E-state index in [0.29, 0.717) is 12.1 Å². The maximum Gasteiger partial charge on any atom is 0.232 e. The molecule has 25 heavy (non-hydrogen) atoms. The summed E-state index contributed by atoms with van der Waals surface area (Å²) >= 11 is 0. The first-order chi connectivity index (χ1) is 11.8. The molecule has 0 bridgehead atoms. The molecule has 0 aliphatic rings. The first kappa shape index (κ1) is 18.9. The molecule has 0 unspecified atom stereocenters. The highest BCUT2D eigenvalue weighted by Crippen LogP contribution is 2.20. The van der Waals surface area contributed by atoms with Crippen molar-refractivity contribution in [1.82, 2.24) is 0 Å². The molecule has 2 aromatic rings. The minimum atomic E-state index is -3.46. The van der Waals surface area contributed by atoms with Crippen molar-refractivity contribution in [2.24, 2.45) is 0 Å². The lowest BCUT2D eigenvalue weighted by Gasteiger charge is -2.22. The van der Waals surface area contributed by atoms with Gasteiger partial charge in [-0.2, -0.15) is 0 Å². The van der Waals surface area contributed by atoms with Gasteiger partial charge in [0, 0.05) is 13.0 Å². The highest BCUT2D eigenvalue weighted by molar-refractivity contribution is 7.92. The highest BCUT2D eigenvalue weighted by Gasteiger charge is 2.17. The van der Waals surface area contributed by atoms with E-state index in [1.54, 1.807) is 24.3 Å². The van der Waals surface area contributed by atoms with Crippen LogP contribution in [0, 0.1) is 12.7 Å². The Kier molecular flexibility index (Phi) is 6.14. The minimum absolute atomic E-state index is 0.0895. The van der Waals surface area contributed by atoms with E-state index in [4.69, 9.17) is 0 Å². The van der Waals surface area contributed by atoms with Gasteiger partial charge >= 0.3 is 0 Å². The van der Waals surface area contributed by atoms with Gasteiger partial charge in [-0.1, -0.05) is 24.3 Å². The van der Waals surface area contributed by atoms with Crippen molar-refractivity contribution in [2.45, 2.75) is 19.8 Å². The second-order valence-corrected chi connectivity index (χ2v) is 7.71. The zero-order valence-electron chi connectivity index (χ0n) is 14.2. The van der Waals surface area contributed by atoms with Crippen LogP contribution in [0.3, 0.4) is 0 Å². The molecule has 0 aliphatic carbocycles. The Balaban J connectivity index is 1.97. The monoisotopic (exact) mass is 364 g/mol. The lowest BCUT2D eigenvalue weighted by atomic mass is 10.2. The molecule has 2 aromatic carbocycles. The zero-order valence-corrected chi connectivity index (χ0v) is 15.0. The molecule has 2 rings (SSSR count). The Morgan fingerprint density at radius 1 is 1.16 bits per heavy atom. The predicted octanol–water partition coefficient (Wildman–Crippen LogP) is 3.32. The van der Waals surface area contributed by atoms with Gasteiger partial charge < -0.3 is 5.32 Å². The molecular weight excluding hydrogens is 343 g/mol. The average molecular weight is 364 g/mol. The molecule has 0 atom stereocenters. The van der Waals surface area contributed by atoms with Gasteiger partial charge in [0.25, 0.3) is 0 Å². The van der Waals surface area contributed by atoms with Crippen LogP contribution in [0.4, 0.5) is 15.8 Å². The van der Waals surface area contributed by atoms with E-state index in [2.05, 4.69) is 5.32 Å². The first-order valence-electron chi connectivity index (χ1n) is 7.86. The topological polar surface area (TPSA) is 66.5 Å². The lowest BCUT2D eigenvalue weighted by molar-refractivity contribution is -0.116. The van der Waals surface area contributed by atoms with Gasteiger partial charge in [-0.3, -0.25) is 9.10 Å². The zero-order chi connectivity index (χ0) is 18.4. The Bertz CT molecular complexity index is 853. The molecule has 0 saturated heterocycles. The van der Waals surface area contributed by atoms with E-state index in [-0.39, 0.29) is 24.6 Å². The number of sulfonamides is 1. The third kappa shape index (κ3) is 5.56. The number of nitrogens with zero attached hydrogens (tertiary/aromatic N) is 1. The van der Waals surface area contributed by atoms with Crippen LogP contribution < -0.4 is 9.62 Å². The standard InChI is InChI=1S/C18H21FN2O3S/c1-14-7-5-8-15(13-14)21(25(2,23)24)12-6-11-18(22)20-17-10-4-3-9-16(17)19/h3-5,7-10,13H,6,11-12H2,1-2H3,(H,20,22). The maximum atomic E-state index is 13.5. The molecule has 1 amide bonds. The van der Waals surface area contributed by atoms with E-state index in [1.165, 1.54) is 22.5 Å². The van der Waals surface area contributed by atoms with Gasteiger partial charge in [-0.25, -0.2) is 12.8 Å². The number of hydrogen-bond acceptors (Lipinski definition) is 3. The summed E-state index contributed by atoms with van der Waals surface area (Å²) in [6, 6.07) is 13.1. The predicted molar refractivity (Wildman–Crippen MR) is 97.6 cm³/mol. The molecular formula is C18H21FN2O3S. The first-order valence-corrected chi connectivity index (χ1v) is 9.71. The average Bonchev–Trinajstić information content (AvgIpc) is 2.52. The third-order valence-corrected chi connectivity index (χ3v) is 4.80. The van der Waals surface area contributed by atoms with E-state index in [9.17, 15) is 17.6 Å². The van der Waals surface area contributed by atoms with Crippen molar-refractivity contribution >= 4 is 27.3 Å². The number of benzene rings is 2. The van der Waals surface area contributed by atoms with Crippen LogP contribution in [0.15, 0.2) is 48.5 Å². The Morgan fingerprint density at radius 2 is 1.88 bits per heavy atom. The molecule has 7 heteroatoms. The molecule has 0 spiro atoms. The summed E-state index contributed by atoms with van der Waals surface area (Å²) in [5, 5.41) is 2.49. The third-order valence-electron chi connectivity index (χ3n) is 3.60. The fraction of sp³-hybridized carbons (Fsp3) is 0.278. The number of hydrogen-bond donors (Lipinski definition) is 1. The van der Waals surface area contributed by atoms with Gasteiger partial charge in [0.1, 0.15) is 5.82 Å². The Hall–Kier alpha value is -2.41. The quantitative estimate of drug-likeness (QED) is 0.820. The smallest absolute Gasteiger partial charge is 0.232 e. The van der Waals surface area contributed by atoms with Crippen LogP contribution in [-0.2, 0) is 14.8 Å². The molecule has 0 radical (unpaired) electrons. The number of anilines is 2. The lowest BCUT2D eigenvalue weighted by Crippen LogP contribution is -2.31. The number of rotatable bonds is 7. The van der Waals surface area contributed by atoms with E-state index in [0.717, 1.165) is 11.8 Å². The van der Waals surface area contributed by atoms with Crippen LogP contribution in [0.2, 0.25) is 0 Å². The Morgan fingerprint density at radius 3 is 2.52 bits per heavy atom. The number of carbonyl (C=O) groups is 1. The van der Waals surface area contributed by atoms with Crippen LogP contribution in [0.5, 0.6) is 0 Å². The fourth-order valence-corrected chi connectivity index (χ4v) is 3.39. The largest absolute Gasteiger partial charge is 0.324 e. The van der Waals surface area contributed by atoms with Crippen LogP contribution >= 0.6 is 0 Å². The number of nitrogens with one attached hydrogen (secondary N) is 1. The number of aryl methyl sites for hydroxylation is 1. The number of halogens is 1. The highest BCUT2D eigenvalue weighted by atomic mass is 32.2. The molecule has 0 saturated carbocycles. The van der Waals surface area contributed by atoms with Crippen molar-refractivity contribution in [3.05, 3.63) is 59.9 Å². The number of amides is 1. The summed E-state index contributed by atoms with van der Waals surface area (Å²) in [6.07, 6.45) is 1.54. The van der Waals surface area contributed by atoms with Gasteiger partial charge in [0.05, 0.1) is 17.6 Å². The van der Waals surface area contributed by atoms with Crippen LogP contribution in [-0.4, -0.2) is 27.1 Å². The molecule has 1 N–H and O–H groups in total. The number of carbonyl (C=O) groups excluding carboxylic acids is 1. The summed E-state index contributed by atoms with van der Waals surface area (Å²) in [5.74, 6) is -0.865. The SMILES string of the molecule is Cc1cccc(N(CCCC(=O)Nc2ccccc2F)S(C)(=O)=O)c1. The molecule has 5 nitrogen and oxygen atoms in total.